The molecule has 0 saturated carbocycles. The van der Waals surface area contributed by atoms with Crippen LogP contribution in [0.4, 0.5) is 15.5 Å². The molecule has 2 fully saturated rings. The number of esters is 1. The van der Waals surface area contributed by atoms with E-state index >= 15 is 4.11 Å². The highest BCUT2D eigenvalue weighted by Gasteiger charge is 2.66. The van der Waals surface area contributed by atoms with Crippen LogP contribution in [0.15, 0.2) is 48.7 Å². The summed E-state index contributed by atoms with van der Waals surface area (Å²) in [6.45, 7) is 7.03. The molecule has 0 aliphatic carbocycles. The van der Waals surface area contributed by atoms with Gasteiger partial charge in [-0.1, -0.05) is 35.9 Å². The number of hydrogen-bond donors (Lipinski definition) is 1. The normalized spacial score (nSPS) is 25.7. The fraction of sp³-hybridized carbons (Fsp3) is 0.469. The van der Waals surface area contributed by atoms with E-state index in [1.54, 1.807) is 65.3 Å². The number of anilines is 2. The molecule has 3 aliphatic rings. The number of aromatic nitrogens is 3. The van der Waals surface area contributed by atoms with E-state index < -0.39 is 43.8 Å². The summed E-state index contributed by atoms with van der Waals surface area (Å²) in [5, 5.41) is 17.9. The van der Waals surface area contributed by atoms with Gasteiger partial charge in [0.2, 0.25) is 14.3 Å². The van der Waals surface area contributed by atoms with E-state index in [4.69, 9.17) is 21.1 Å². The first-order chi connectivity index (χ1) is 21.8. The monoisotopic (exact) mass is 669 g/mol. The third kappa shape index (κ3) is 5.63. The number of rotatable bonds is 10. The lowest BCUT2D eigenvalue weighted by Crippen LogP contribution is -2.54. The van der Waals surface area contributed by atoms with Gasteiger partial charge in [0.1, 0.15) is 0 Å². The molecule has 3 aromatic rings. The minimum atomic E-state index is -3.37. The van der Waals surface area contributed by atoms with Crippen LogP contribution in [0.1, 0.15) is 43.5 Å². The third-order valence-electron chi connectivity index (χ3n) is 9.26. The molecule has 2 saturated heterocycles. The molecule has 244 valence electrons. The smallest absolute Gasteiger partial charge is 0.304 e. The second-order valence-electron chi connectivity index (χ2n) is 12.8. The number of carbonyl (C=O) groups excluding carboxylic acids is 3. The first-order valence-electron chi connectivity index (χ1n) is 15.4. The summed E-state index contributed by atoms with van der Waals surface area (Å²) in [6, 6.07) is 12.4. The molecular weight excluding hydrogens is 633 g/mol. The van der Waals surface area contributed by atoms with Crippen LogP contribution in [0.3, 0.4) is 0 Å². The molecule has 2 aromatic carbocycles. The number of halogens is 2. The SMILES string of the molecule is CC(=O)OC1CC(=O)N1c1cccc(CN2C(=O)[C@]3(O[C@H](CCn4cc(CCO)nn4)[C@@H]([Si](C)(C)F)[C@@H]3C)c3cc(Cl)ccc32)c1. The molecule has 1 N–H and O–H groups in total. The molecule has 46 heavy (non-hydrogen) atoms. The summed E-state index contributed by atoms with van der Waals surface area (Å²) in [5.41, 5.74) is 1.26. The van der Waals surface area contributed by atoms with Gasteiger partial charge in [-0.3, -0.25) is 24.0 Å². The molecular formula is C32H37ClFN5O6Si. The standard InChI is InChI=1S/C32H37ClFN5O6Si/c1-19-30(46(3,4)34)27(10-12-37-18-23(11-13-40)35-36-37)45-32(19)25-15-22(33)8-9-26(25)38(31(32)43)17-21-6-5-7-24(14-21)39-28(42)16-29(39)44-20(2)41/h5-9,14-15,18-19,27,29-30,40H,10-13,16-17H2,1-4H3/t19-,27+,29?,30-,32+/m0/s1. The van der Waals surface area contributed by atoms with Crippen LogP contribution in [-0.2, 0) is 49.0 Å². The highest BCUT2D eigenvalue weighted by Crippen LogP contribution is 2.60. The van der Waals surface area contributed by atoms with Gasteiger partial charge in [0, 0.05) is 60.4 Å². The summed E-state index contributed by atoms with van der Waals surface area (Å²) in [7, 11) is -3.37. The first kappa shape index (κ1) is 32.3. The maximum atomic E-state index is 16.2. The molecule has 1 unspecified atom stereocenters. The van der Waals surface area contributed by atoms with Crippen LogP contribution in [0.2, 0.25) is 23.7 Å². The van der Waals surface area contributed by atoms with Crippen LogP contribution >= 0.6 is 11.6 Å². The van der Waals surface area contributed by atoms with E-state index in [1.165, 1.54) is 11.8 Å². The highest BCUT2D eigenvalue weighted by molar-refractivity contribution is 6.72. The molecule has 14 heteroatoms. The lowest BCUT2D eigenvalue weighted by atomic mass is 9.82. The van der Waals surface area contributed by atoms with Crippen molar-refractivity contribution in [3.8, 4) is 0 Å². The van der Waals surface area contributed by atoms with Gasteiger partial charge < -0.3 is 23.6 Å². The third-order valence-corrected chi connectivity index (χ3v) is 11.9. The number of ether oxygens (including phenoxy) is 2. The van der Waals surface area contributed by atoms with Crippen molar-refractivity contribution in [2.75, 3.05) is 16.4 Å². The van der Waals surface area contributed by atoms with Crippen molar-refractivity contribution in [3.63, 3.8) is 0 Å². The maximum absolute atomic E-state index is 16.2. The largest absolute Gasteiger partial charge is 0.441 e. The molecule has 11 nitrogen and oxygen atoms in total. The van der Waals surface area contributed by atoms with Crippen molar-refractivity contribution in [1.29, 1.82) is 0 Å². The minimum Gasteiger partial charge on any atom is -0.441 e. The number of aliphatic hydroxyl groups is 1. The average molecular weight is 670 g/mol. The zero-order valence-electron chi connectivity index (χ0n) is 26.2. The zero-order chi connectivity index (χ0) is 33.0. The quantitative estimate of drug-likeness (QED) is 0.145. The maximum Gasteiger partial charge on any atom is 0.304 e. The summed E-state index contributed by atoms with van der Waals surface area (Å²) in [5.74, 6) is -1.43. The minimum absolute atomic E-state index is 0.0375. The number of aliphatic hydroxyl groups excluding tert-OH is 1. The van der Waals surface area contributed by atoms with Crippen LogP contribution in [0.25, 0.3) is 0 Å². The predicted octanol–water partition coefficient (Wildman–Crippen LogP) is 4.50. The molecule has 0 radical (unpaired) electrons. The van der Waals surface area contributed by atoms with E-state index in [0.29, 0.717) is 47.0 Å². The average Bonchev–Trinajstić information content (AvgIpc) is 3.62. The molecule has 5 atom stereocenters. The van der Waals surface area contributed by atoms with Gasteiger partial charge in [-0.25, -0.2) is 0 Å². The van der Waals surface area contributed by atoms with E-state index in [0.717, 1.165) is 5.56 Å². The number of amides is 2. The molecule has 3 aliphatic heterocycles. The van der Waals surface area contributed by atoms with Crippen molar-refractivity contribution in [3.05, 3.63) is 70.5 Å². The van der Waals surface area contributed by atoms with Gasteiger partial charge in [0.15, 0.2) is 11.8 Å². The first-order valence-corrected chi connectivity index (χ1v) is 18.7. The Morgan fingerprint density at radius 3 is 2.72 bits per heavy atom. The predicted molar refractivity (Wildman–Crippen MR) is 170 cm³/mol. The lowest BCUT2D eigenvalue weighted by molar-refractivity contribution is -0.154. The van der Waals surface area contributed by atoms with Crippen molar-refractivity contribution in [1.82, 2.24) is 15.0 Å². The summed E-state index contributed by atoms with van der Waals surface area (Å²) < 4.78 is 29.9. The van der Waals surface area contributed by atoms with Crippen LogP contribution in [0.5, 0.6) is 0 Å². The van der Waals surface area contributed by atoms with Gasteiger partial charge in [0.25, 0.3) is 5.91 Å². The molecule has 2 amide bonds. The fourth-order valence-electron chi connectivity index (χ4n) is 7.35. The second kappa shape index (κ2) is 12.2. The van der Waals surface area contributed by atoms with Gasteiger partial charge in [0.05, 0.1) is 30.5 Å². The number of benzene rings is 2. The van der Waals surface area contributed by atoms with E-state index in [2.05, 4.69) is 10.3 Å². The summed E-state index contributed by atoms with van der Waals surface area (Å²) in [6.07, 6.45) is 1.43. The zero-order valence-corrected chi connectivity index (χ0v) is 27.9. The van der Waals surface area contributed by atoms with Crippen LogP contribution in [-0.4, -0.2) is 65.2 Å². The Morgan fingerprint density at radius 1 is 1.24 bits per heavy atom. The number of β-lactam (4-membered cyclic amide) rings is 1. The number of aryl methyl sites for hydroxylation is 1. The van der Waals surface area contributed by atoms with Crippen LogP contribution < -0.4 is 9.80 Å². The van der Waals surface area contributed by atoms with E-state index in [1.807, 2.05) is 13.0 Å². The number of carbonyl (C=O) groups is 3. The Kier molecular flexibility index (Phi) is 8.55. The Labute approximate surface area is 272 Å². The van der Waals surface area contributed by atoms with E-state index in [-0.39, 0.29) is 31.4 Å². The Hall–Kier alpha value is -3.65. The van der Waals surface area contributed by atoms with Gasteiger partial charge in [-0.15, -0.1) is 5.10 Å². The van der Waals surface area contributed by atoms with Gasteiger partial charge in [-0.05, 0) is 55.4 Å². The van der Waals surface area contributed by atoms with Crippen molar-refractivity contribution < 1.29 is 33.1 Å². The van der Waals surface area contributed by atoms with E-state index in [9.17, 15) is 19.5 Å². The highest BCUT2D eigenvalue weighted by atomic mass is 35.5. The second-order valence-corrected chi connectivity index (χ2v) is 17.0. The van der Waals surface area contributed by atoms with Crippen molar-refractivity contribution in [2.45, 2.75) is 82.8 Å². The number of nitrogens with zero attached hydrogens (tertiary/aromatic N) is 5. The molecule has 4 heterocycles. The molecule has 0 bridgehead atoms. The lowest BCUT2D eigenvalue weighted by Gasteiger charge is -2.39. The Morgan fingerprint density at radius 2 is 2.02 bits per heavy atom. The fourth-order valence-corrected chi connectivity index (χ4v) is 10.1. The molecule has 6 rings (SSSR count). The topological polar surface area (TPSA) is 127 Å². The Balaban J connectivity index is 1.31. The summed E-state index contributed by atoms with van der Waals surface area (Å²) in [4.78, 5) is 41.7. The van der Waals surface area contributed by atoms with Crippen molar-refractivity contribution >= 4 is 49.2 Å². The molecule has 1 aromatic heterocycles. The van der Waals surface area contributed by atoms with Crippen molar-refractivity contribution in [2.24, 2.45) is 5.92 Å². The van der Waals surface area contributed by atoms with Gasteiger partial charge >= 0.3 is 5.97 Å². The van der Waals surface area contributed by atoms with Crippen LogP contribution in [0, 0.1) is 5.92 Å². The molecule has 1 spiro atoms. The Bertz CT molecular complexity index is 1680. The van der Waals surface area contributed by atoms with Gasteiger partial charge in [-0.2, -0.15) is 0 Å². The summed E-state index contributed by atoms with van der Waals surface area (Å²) >= 11 is 6.50. The number of hydrogen-bond acceptors (Lipinski definition) is 8. The number of fused-ring (bicyclic) bond motifs is 2.